The number of ether oxygens (including phenoxy) is 1. The Labute approximate surface area is 88.7 Å². The first kappa shape index (κ1) is 13.7. The highest BCUT2D eigenvalue weighted by atomic mass is 16.5. The molecule has 0 aromatic rings. The molecule has 0 amide bonds. The van der Waals surface area contributed by atoms with E-state index in [1.165, 1.54) is 6.42 Å². The molecule has 0 saturated heterocycles. The van der Waals surface area contributed by atoms with Crippen molar-refractivity contribution in [3.8, 4) is 0 Å². The molecule has 14 heavy (non-hydrogen) atoms. The Kier molecular flexibility index (Phi) is 9.00. The summed E-state index contributed by atoms with van der Waals surface area (Å²) < 4.78 is 5.59. The van der Waals surface area contributed by atoms with Gasteiger partial charge in [0.25, 0.3) is 0 Å². The van der Waals surface area contributed by atoms with Crippen LogP contribution in [-0.4, -0.2) is 25.3 Å². The van der Waals surface area contributed by atoms with Gasteiger partial charge in [0.2, 0.25) is 0 Å². The van der Waals surface area contributed by atoms with Crippen LogP contribution in [0.5, 0.6) is 0 Å². The van der Waals surface area contributed by atoms with Gasteiger partial charge in [-0.3, -0.25) is 0 Å². The van der Waals surface area contributed by atoms with Crippen LogP contribution in [0.25, 0.3) is 0 Å². The molecule has 84 valence electrons. The monoisotopic (exact) mass is 199 g/mol. The largest absolute Gasteiger partial charge is 0.378 e. The number of hydrogen-bond acceptors (Lipinski definition) is 2. The van der Waals surface area contributed by atoms with Crippen molar-refractivity contribution < 1.29 is 4.74 Å². The molecule has 0 aromatic carbocycles. The smallest absolute Gasteiger partial charge is 0.0547 e. The van der Waals surface area contributed by atoms with Gasteiger partial charge in [-0.1, -0.05) is 19.9 Å². The van der Waals surface area contributed by atoms with Gasteiger partial charge in [-0.15, -0.1) is 6.58 Å². The van der Waals surface area contributed by atoms with Gasteiger partial charge in [0, 0.05) is 6.04 Å². The first-order valence-corrected chi connectivity index (χ1v) is 5.62. The van der Waals surface area contributed by atoms with Gasteiger partial charge in [0.05, 0.1) is 12.7 Å². The van der Waals surface area contributed by atoms with Gasteiger partial charge in [-0.2, -0.15) is 0 Å². The summed E-state index contributed by atoms with van der Waals surface area (Å²) in [5.41, 5.74) is 0. The molecular weight excluding hydrogens is 174 g/mol. The van der Waals surface area contributed by atoms with E-state index < -0.39 is 0 Å². The van der Waals surface area contributed by atoms with Crippen LogP contribution < -0.4 is 5.32 Å². The molecule has 0 aliphatic heterocycles. The van der Waals surface area contributed by atoms with Crippen LogP contribution in [-0.2, 0) is 4.74 Å². The van der Waals surface area contributed by atoms with Gasteiger partial charge >= 0.3 is 0 Å². The summed E-state index contributed by atoms with van der Waals surface area (Å²) in [4.78, 5) is 0. The van der Waals surface area contributed by atoms with Gasteiger partial charge < -0.3 is 10.1 Å². The van der Waals surface area contributed by atoms with Crippen molar-refractivity contribution in [2.45, 2.75) is 52.2 Å². The molecule has 1 atom stereocenters. The zero-order valence-electron chi connectivity index (χ0n) is 9.88. The van der Waals surface area contributed by atoms with Gasteiger partial charge in [0.1, 0.15) is 0 Å². The van der Waals surface area contributed by atoms with E-state index in [-0.39, 0.29) is 0 Å². The molecule has 1 N–H and O–H groups in total. The van der Waals surface area contributed by atoms with Crippen molar-refractivity contribution in [2.75, 3.05) is 13.2 Å². The van der Waals surface area contributed by atoms with Crippen molar-refractivity contribution in [3.63, 3.8) is 0 Å². The van der Waals surface area contributed by atoms with Crippen molar-refractivity contribution in [3.05, 3.63) is 12.7 Å². The SMILES string of the molecule is C=CCCOC(C)CCCNC(C)C. The Bertz CT molecular complexity index is 134. The van der Waals surface area contributed by atoms with Gasteiger partial charge in [-0.25, -0.2) is 0 Å². The predicted octanol–water partition coefficient (Wildman–Crippen LogP) is 2.75. The standard InChI is InChI=1S/C12H25NO/c1-5-6-10-14-12(4)8-7-9-13-11(2)3/h5,11-13H,1,6-10H2,2-4H3. The molecule has 2 heteroatoms. The molecule has 0 rings (SSSR count). The van der Waals surface area contributed by atoms with Crippen molar-refractivity contribution in [2.24, 2.45) is 0 Å². The molecule has 0 fully saturated rings. The first-order chi connectivity index (χ1) is 6.66. The Morgan fingerprint density at radius 2 is 2.07 bits per heavy atom. The van der Waals surface area contributed by atoms with Crippen LogP contribution in [0, 0.1) is 0 Å². The molecule has 0 aromatic heterocycles. The van der Waals surface area contributed by atoms with Crippen molar-refractivity contribution in [1.29, 1.82) is 0 Å². The second kappa shape index (κ2) is 9.22. The molecule has 0 aliphatic rings. The second-order valence-corrected chi connectivity index (χ2v) is 4.01. The summed E-state index contributed by atoms with van der Waals surface area (Å²) in [5, 5.41) is 3.40. The normalized spacial score (nSPS) is 13.1. The molecule has 0 bridgehead atoms. The fraction of sp³-hybridized carbons (Fsp3) is 0.833. The van der Waals surface area contributed by atoms with E-state index in [0.717, 1.165) is 26.0 Å². The Morgan fingerprint density at radius 1 is 1.36 bits per heavy atom. The minimum absolute atomic E-state index is 0.379. The molecule has 0 aliphatic carbocycles. The third-order valence-corrected chi connectivity index (χ3v) is 2.06. The molecule has 0 radical (unpaired) electrons. The van der Waals surface area contributed by atoms with E-state index in [4.69, 9.17) is 4.74 Å². The van der Waals surface area contributed by atoms with Gasteiger partial charge in [0.15, 0.2) is 0 Å². The summed E-state index contributed by atoms with van der Waals surface area (Å²) in [7, 11) is 0. The zero-order chi connectivity index (χ0) is 10.8. The summed E-state index contributed by atoms with van der Waals surface area (Å²) in [5.74, 6) is 0. The third-order valence-electron chi connectivity index (χ3n) is 2.06. The second-order valence-electron chi connectivity index (χ2n) is 4.01. The van der Waals surface area contributed by atoms with E-state index >= 15 is 0 Å². The fourth-order valence-corrected chi connectivity index (χ4v) is 1.22. The highest BCUT2D eigenvalue weighted by Crippen LogP contribution is 2.01. The van der Waals surface area contributed by atoms with E-state index in [1.807, 2.05) is 6.08 Å². The summed E-state index contributed by atoms with van der Waals surface area (Å²) in [6.45, 7) is 12.0. The molecule has 0 spiro atoms. The third kappa shape index (κ3) is 9.75. The van der Waals surface area contributed by atoms with Gasteiger partial charge in [-0.05, 0) is 32.7 Å². The Hall–Kier alpha value is -0.340. The first-order valence-electron chi connectivity index (χ1n) is 5.62. The highest BCUT2D eigenvalue weighted by molar-refractivity contribution is 4.65. The summed E-state index contributed by atoms with van der Waals surface area (Å²) in [6.07, 6.45) is 5.55. The number of rotatable bonds is 9. The number of nitrogens with one attached hydrogen (secondary N) is 1. The van der Waals surface area contributed by atoms with E-state index in [1.54, 1.807) is 0 Å². The molecular formula is C12H25NO. The van der Waals surface area contributed by atoms with E-state index in [0.29, 0.717) is 12.1 Å². The minimum Gasteiger partial charge on any atom is -0.378 e. The quantitative estimate of drug-likeness (QED) is 0.455. The lowest BCUT2D eigenvalue weighted by Gasteiger charge is -2.13. The predicted molar refractivity (Wildman–Crippen MR) is 62.6 cm³/mol. The summed E-state index contributed by atoms with van der Waals surface area (Å²) in [6, 6.07) is 0.590. The Morgan fingerprint density at radius 3 is 2.64 bits per heavy atom. The lowest BCUT2D eigenvalue weighted by atomic mass is 10.2. The maximum atomic E-state index is 5.59. The Balaban J connectivity index is 3.17. The average molecular weight is 199 g/mol. The van der Waals surface area contributed by atoms with Crippen LogP contribution >= 0.6 is 0 Å². The van der Waals surface area contributed by atoms with Crippen molar-refractivity contribution in [1.82, 2.24) is 5.32 Å². The lowest BCUT2D eigenvalue weighted by molar-refractivity contribution is 0.0622. The van der Waals surface area contributed by atoms with Crippen LogP contribution in [0.1, 0.15) is 40.0 Å². The fourth-order valence-electron chi connectivity index (χ4n) is 1.22. The number of hydrogen-bond donors (Lipinski definition) is 1. The molecule has 0 saturated carbocycles. The van der Waals surface area contributed by atoms with Crippen LogP contribution in [0.2, 0.25) is 0 Å². The zero-order valence-corrected chi connectivity index (χ0v) is 9.88. The molecule has 2 nitrogen and oxygen atoms in total. The highest BCUT2D eigenvalue weighted by Gasteiger charge is 2.01. The van der Waals surface area contributed by atoms with E-state index in [2.05, 4.69) is 32.7 Å². The molecule has 1 unspecified atom stereocenters. The van der Waals surface area contributed by atoms with E-state index in [9.17, 15) is 0 Å². The average Bonchev–Trinajstić information content (AvgIpc) is 2.13. The topological polar surface area (TPSA) is 21.3 Å². The minimum atomic E-state index is 0.379. The maximum Gasteiger partial charge on any atom is 0.0547 e. The molecule has 0 heterocycles. The maximum absolute atomic E-state index is 5.59. The van der Waals surface area contributed by atoms with Crippen LogP contribution in [0.15, 0.2) is 12.7 Å². The van der Waals surface area contributed by atoms with Crippen molar-refractivity contribution >= 4 is 0 Å². The lowest BCUT2D eigenvalue weighted by Crippen LogP contribution is -2.24. The van der Waals surface area contributed by atoms with Crippen LogP contribution in [0.4, 0.5) is 0 Å². The summed E-state index contributed by atoms with van der Waals surface area (Å²) >= 11 is 0. The van der Waals surface area contributed by atoms with Crippen LogP contribution in [0.3, 0.4) is 0 Å².